The van der Waals surface area contributed by atoms with Crippen LogP contribution in [0.25, 0.3) is 11.1 Å². The van der Waals surface area contributed by atoms with Gasteiger partial charge in [-0.25, -0.2) is 13.2 Å². The van der Waals surface area contributed by atoms with Crippen molar-refractivity contribution in [3.05, 3.63) is 108 Å². The number of sulfonamides is 1. The van der Waals surface area contributed by atoms with E-state index in [1.165, 1.54) is 13.2 Å². The average molecular weight is 605 g/mol. The SMILES string of the molecule is C.COC(=O)c1ccc(-c2ccc(OCCN[C@@H](C)[C@H](O)c3ccc4cc3NS(=O)(=O)c3cccc(c3)CO4)cc2)cc1. The van der Waals surface area contributed by atoms with Crippen molar-refractivity contribution < 1.29 is 32.5 Å². The molecule has 4 aromatic rings. The second-order valence-corrected chi connectivity index (χ2v) is 11.6. The lowest BCUT2D eigenvalue weighted by Gasteiger charge is -2.24. The molecular weight excluding hydrogens is 568 g/mol. The van der Waals surface area contributed by atoms with Crippen LogP contribution in [0.4, 0.5) is 5.69 Å². The lowest BCUT2D eigenvalue weighted by atomic mass is 10.0. The van der Waals surface area contributed by atoms with Crippen LogP contribution < -0.4 is 19.5 Å². The second-order valence-electron chi connectivity index (χ2n) is 9.92. The number of carbonyl (C=O) groups excluding carboxylic acids is 1. The Morgan fingerprint density at radius 1 is 1.00 bits per heavy atom. The van der Waals surface area contributed by atoms with E-state index in [9.17, 15) is 18.3 Å². The fourth-order valence-corrected chi connectivity index (χ4v) is 5.79. The number of anilines is 1. The Bertz CT molecular complexity index is 1660. The van der Waals surface area contributed by atoms with E-state index in [1.54, 1.807) is 48.5 Å². The van der Waals surface area contributed by atoms with E-state index < -0.39 is 22.2 Å². The summed E-state index contributed by atoms with van der Waals surface area (Å²) in [6.45, 7) is 2.85. The zero-order valence-electron chi connectivity index (χ0n) is 23.2. The molecule has 0 spiro atoms. The maximum atomic E-state index is 13.0. The van der Waals surface area contributed by atoms with Gasteiger partial charge in [0.2, 0.25) is 0 Å². The van der Waals surface area contributed by atoms with Crippen LogP contribution in [-0.4, -0.2) is 45.8 Å². The average Bonchev–Trinajstić information content (AvgIpc) is 3.01. The van der Waals surface area contributed by atoms with Gasteiger partial charge in [0.1, 0.15) is 24.7 Å². The fourth-order valence-electron chi connectivity index (χ4n) is 4.64. The smallest absolute Gasteiger partial charge is 0.337 e. The van der Waals surface area contributed by atoms with Crippen molar-refractivity contribution in [3.8, 4) is 22.6 Å². The first kappa shape index (κ1) is 31.6. The molecule has 0 radical (unpaired) electrons. The number of hydrogen-bond acceptors (Lipinski definition) is 8. The summed E-state index contributed by atoms with van der Waals surface area (Å²) in [4.78, 5) is 11.8. The van der Waals surface area contributed by atoms with Crippen molar-refractivity contribution in [1.82, 2.24) is 5.32 Å². The first-order valence-electron chi connectivity index (χ1n) is 13.4. The number of nitrogens with one attached hydrogen (secondary N) is 2. The van der Waals surface area contributed by atoms with Crippen LogP contribution in [-0.2, 0) is 21.4 Å². The molecule has 0 aromatic heterocycles. The Morgan fingerprint density at radius 3 is 2.40 bits per heavy atom. The van der Waals surface area contributed by atoms with Gasteiger partial charge in [-0.1, -0.05) is 49.9 Å². The van der Waals surface area contributed by atoms with E-state index >= 15 is 0 Å². The third kappa shape index (κ3) is 7.53. The zero-order chi connectivity index (χ0) is 29.7. The minimum atomic E-state index is -3.86. The van der Waals surface area contributed by atoms with Crippen LogP contribution >= 0.6 is 0 Å². The van der Waals surface area contributed by atoms with Gasteiger partial charge in [0.25, 0.3) is 10.0 Å². The number of aliphatic hydroxyl groups is 1. The van der Waals surface area contributed by atoms with E-state index in [4.69, 9.17) is 14.2 Å². The molecule has 0 fully saturated rings. The Balaban J connectivity index is 0.00000423. The maximum Gasteiger partial charge on any atom is 0.337 e. The molecule has 0 saturated heterocycles. The summed E-state index contributed by atoms with van der Waals surface area (Å²) in [5.74, 6) is 0.812. The molecule has 9 nitrogen and oxygen atoms in total. The molecule has 1 aliphatic rings. The van der Waals surface area contributed by atoms with Gasteiger partial charge < -0.3 is 24.6 Å². The van der Waals surface area contributed by atoms with Gasteiger partial charge in [0, 0.05) is 24.2 Å². The van der Waals surface area contributed by atoms with Crippen molar-refractivity contribution in [2.75, 3.05) is 25.0 Å². The maximum absolute atomic E-state index is 13.0. The second kappa shape index (κ2) is 13.7. The first-order chi connectivity index (χ1) is 20.2. The van der Waals surface area contributed by atoms with Crippen molar-refractivity contribution >= 4 is 21.7 Å². The van der Waals surface area contributed by atoms with Crippen molar-refractivity contribution in [1.29, 1.82) is 0 Å². The molecule has 3 N–H and O–H groups in total. The van der Waals surface area contributed by atoms with Crippen molar-refractivity contribution in [3.63, 3.8) is 0 Å². The number of fused-ring (bicyclic) bond motifs is 4. The molecule has 43 heavy (non-hydrogen) atoms. The van der Waals surface area contributed by atoms with Gasteiger partial charge in [0.05, 0.1) is 29.4 Å². The molecular formula is C33H36N2O7S. The zero-order valence-corrected chi connectivity index (χ0v) is 24.1. The number of ether oxygens (including phenoxy) is 3. The van der Waals surface area contributed by atoms with Gasteiger partial charge in [-0.15, -0.1) is 0 Å². The minimum absolute atomic E-state index is 0. The molecule has 0 aliphatic carbocycles. The number of esters is 1. The molecule has 0 saturated carbocycles. The highest BCUT2D eigenvalue weighted by atomic mass is 32.2. The highest BCUT2D eigenvalue weighted by Crippen LogP contribution is 2.32. The molecule has 4 aromatic carbocycles. The van der Waals surface area contributed by atoms with E-state index in [2.05, 4.69) is 10.0 Å². The summed E-state index contributed by atoms with van der Waals surface area (Å²) in [5, 5.41) is 14.4. The Morgan fingerprint density at radius 2 is 1.70 bits per heavy atom. The molecule has 5 rings (SSSR count). The lowest BCUT2D eigenvalue weighted by Crippen LogP contribution is -2.35. The largest absolute Gasteiger partial charge is 0.492 e. The minimum Gasteiger partial charge on any atom is -0.492 e. The Hall–Kier alpha value is -4.38. The Labute approximate surface area is 252 Å². The van der Waals surface area contributed by atoms with Crippen molar-refractivity contribution in [2.24, 2.45) is 0 Å². The van der Waals surface area contributed by atoms with E-state index in [0.717, 1.165) is 16.7 Å². The van der Waals surface area contributed by atoms with Crippen LogP contribution in [0, 0.1) is 0 Å². The normalized spacial score (nSPS) is 14.6. The predicted molar refractivity (Wildman–Crippen MR) is 166 cm³/mol. The third-order valence-corrected chi connectivity index (χ3v) is 8.37. The lowest BCUT2D eigenvalue weighted by molar-refractivity contribution is 0.0600. The van der Waals surface area contributed by atoms with E-state index in [0.29, 0.717) is 35.8 Å². The predicted octanol–water partition coefficient (Wildman–Crippen LogP) is 5.56. The number of benzene rings is 4. The van der Waals surface area contributed by atoms with Crippen LogP contribution in [0.5, 0.6) is 11.5 Å². The fraction of sp³-hybridized carbons (Fsp3) is 0.242. The monoisotopic (exact) mass is 604 g/mol. The molecule has 0 unspecified atom stereocenters. The van der Waals surface area contributed by atoms with Gasteiger partial charge in [-0.05, 0) is 66.1 Å². The number of rotatable bonds is 9. The van der Waals surface area contributed by atoms with Gasteiger partial charge in [-0.2, -0.15) is 0 Å². The first-order valence-corrected chi connectivity index (χ1v) is 14.9. The summed E-state index contributed by atoms with van der Waals surface area (Å²) in [6.07, 6.45) is -1.00. The summed E-state index contributed by atoms with van der Waals surface area (Å²) in [5.41, 5.74) is 3.87. The molecule has 4 bridgehead atoms. The number of aliphatic hydroxyl groups excluding tert-OH is 1. The third-order valence-electron chi connectivity index (χ3n) is 7.01. The van der Waals surface area contributed by atoms with Crippen LogP contribution in [0.2, 0.25) is 0 Å². The van der Waals surface area contributed by atoms with Gasteiger partial charge in [0.15, 0.2) is 0 Å². The van der Waals surface area contributed by atoms with Crippen molar-refractivity contribution in [2.45, 2.75) is 38.0 Å². The summed E-state index contributed by atoms with van der Waals surface area (Å²) in [6, 6.07) is 25.9. The van der Waals surface area contributed by atoms with E-state index in [1.807, 2.05) is 43.3 Å². The molecule has 2 atom stereocenters. The standard InChI is InChI=1S/C32H32N2O7S.CH4/c1-21(33-16-17-40-26-12-10-24(11-13-26)23-6-8-25(9-7-23)32(36)39-2)31(35)29-15-14-27-19-30(29)34-42(37,38)28-5-3-4-22(18-28)20-41-27;/h3-15,18-19,21,31,33-35H,16-17,20H2,1-2H3;1H4/t21-,31-;/m0./s1. The van der Waals surface area contributed by atoms with Gasteiger partial charge in [-0.3, -0.25) is 4.72 Å². The molecule has 10 heteroatoms. The summed E-state index contributed by atoms with van der Waals surface area (Å²) < 4.78 is 45.1. The Kier molecular flexibility index (Phi) is 10.1. The van der Waals surface area contributed by atoms with Crippen LogP contribution in [0.3, 0.4) is 0 Å². The number of hydrogen-bond donors (Lipinski definition) is 3. The van der Waals surface area contributed by atoms with Crippen LogP contribution in [0.1, 0.15) is 41.9 Å². The quantitative estimate of drug-likeness (QED) is 0.168. The summed E-state index contributed by atoms with van der Waals surface area (Å²) >= 11 is 0. The van der Waals surface area contributed by atoms with E-state index in [-0.39, 0.29) is 30.6 Å². The number of carbonyl (C=O) groups is 1. The topological polar surface area (TPSA) is 123 Å². The molecule has 0 amide bonds. The molecule has 1 aliphatic heterocycles. The summed E-state index contributed by atoms with van der Waals surface area (Å²) in [7, 11) is -2.50. The molecule has 1 heterocycles. The highest BCUT2D eigenvalue weighted by molar-refractivity contribution is 7.92. The van der Waals surface area contributed by atoms with Gasteiger partial charge >= 0.3 is 5.97 Å². The molecule has 226 valence electrons. The highest BCUT2D eigenvalue weighted by Gasteiger charge is 2.24. The number of methoxy groups -OCH3 is 1. The van der Waals surface area contributed by atoms with Crippen LogP contribution in [0.15, 0.2) is 95.9 Å².